The highest BCUT2D eigenvalue weighted by molar-refractivity contribution is 6.75. The highest BCUT2D eigenvalue weighted by atomic mass is 28.4. The molecule has 0 aliphatic rings. The van der Waals surface area contributed by atoms with Crippen molar-refractivity contribution in [3.05, 3.63) is 11.6 Å². The molecule has 0 saturated heterocycles. The summed E-state index contributed by atoms with van der Waals surface area (Å²) >= 11 is 0. The summed E-state index contributed by atoms with van der Waals surface area (Å²) in [5.74, 6) is -0.487. The van der Waals surface area contributed by atoms with Crippen LogP contribution in [0.25, 0.3) is 0 Å². The molecule has 0 amide bonds. The standard InChI is InChI=1S/C18H34O4Si/c1-8-10-11-15(12-13-16(19)21-9-2)14-17(20)22-23(6,7)18(3,4)5/h14H,8-13H2,1-7H3/b15-14+. The second kappa shape index (κ2) is 9.91. The van der Waals surface area contributed by atoms with Crippen LogP contribution in [0.5, 0.6) is 0 Å². The molecule has 23 heavy (non-hydrogen) atoms. The van der Waals surface area contributed by atoms with Gasteiger partial charge in [-0.2, -0.15) is 0 Å². The van der Waals surface area contributed by atoms with Gasteiger partial charge in [0.05, 0.1) is 6.61 Å². The Bertz CT molecular complexity index is 419. The van der Waals surface area contributed by atoms with Gasteiger partial charge in [-0.15, -0.1) is 0 Å². The first-order valence-electron chi connectivity index (χ1n) is 8.61. The van der Waals surface area contributed by atoms with Gasteiger partial charge in [0, 0.05) is 12.5 Å². The quantitative estimate of drug-likeness (QED) is 0.336. The summed E-state index contributed by atoms with van der Waals surface area (Å²) < 4.78 is 10.7. The van der Waals surface area contributed by atoms with Crippen LogP contribution in [0, 0.1) is 0 Å². The number of carbonyl (C=O) groups excluding carboxylic acids is 2. The smallest absolute Gasteiger partial charge is 0.317 e. The van der Waals surface area contributed by atoms with E-state index in [1.54, 1.807) is 13.0 Å². The Morgan fingerprint density at radius 2 is 1.65 bits per heavy atom. The Labute approximate surface area is 142 Å². The Morgan fingerprint density at radius 3 is 2.13 bits per heavy atom. The second-order valence-corrected chi connectivity index (χ2v) is 12.1. The van der Waals surface area contributed by atoms with Crippen molar-refractivity contribution in [2.45, 2.75) is 84.9 Å². The van der Waals surface area contributed by atoms with E-state index in [1.165, 1.54) is 0 Å². The van der Waals surface area contributed by atoms with Crippen molar-refractivity contribution in [3.63, 3.8) is 0 Å². The van der Waals surface area contributed by atoms with Crippen LogP contribution in [-0.2, 0) is 18.8 Å². The lowest BCUT2D eigenvalue weighted by molar-refractivity contribution is -0.143. The van der Waals surface area contributed by atoms with Gasteiger partial charge in [0.2, 0.25) is 0 Å². The third-order valence-corrected chi connectivity index (χ3v) is 8.61. The first-order valence-corrected chi connectivity index (χ1v) is 11.5. The van der Waals surface area contributed by atoms with Gasteiger partial charge in [0.15, 0.2) is 0 Å². The molecule has 0 rings (SSSR count). The summed E-state index contributed by atoms with van der Waals surface area (Å²) in [6, 6.07) is 0. The van der Waals surface area contributed by atoms with E-state index in [9.17, 15) is 9.59 Å². The van der Waals surface area contributed by atoms with E-state index in [2.05, 4.69) is 40.8 Å². The van der Waals surface area contributed by atoms with Crippen LogP contribution in [0.15, 0.2) is 11.6 Å². The van der Waals surface area contributed by atoms with Crippen molar-refractivity contribution in [3.8, 4) is 0 Å². The van der Waals surface area contributed by atoms with E-state index in [1.807, 2.05) is 0 Å². The lowest BCUT2D eigenvalue weighted by atomic mass is 10.0. The SMILES string of the molecule is CCCC/C(=C\C(=O)O[Si](C)(C)C(C)(C)C)CCC(=O)OCC. The average Bonchev–Trinajstić information content (AvgIpc) is 2.40. The molecule has 0 spiro atoms. The van der Waals surface area contributed by atoms with E-state index in [0.717, 1.165) is 24.8 Å². The molecule has 0 aromatic carbocycles. The fourth-order valence-electron chi connectivity index (χ4n) is 1.77. The Balaban J connectivity index is 4.84. The van der Waals surface area contributed by atoms with Gasteiger partial charge in [-0.25, -0.2) is 4.79 Å². The number of allylic oxidation sites excluding steroid dienone is 1. The van der Waals surface area contributed by atoms with Gasteiger partial charge in [0.1, 0.15) is 0 Å². The molecular formula is C18H34O4Si. The predicted molar refractivity (Wildman–Crippen MR) is 96.8 cm³/mol. The zero-order valence-corrected chi connectivity index (χ0v) is 17.0. The third-order valence-electron chi connectivity index (χ3n) is 4.29. The summed E-state index contributed by atoms with van der Waals surface area (Å²) in [4.78, 5) is 23.8. The Kier molecular flexibility index (Phi) is 9.43. The molecule has 0 N–H and O–H groups in total. The molecule has 0 fully saturated rings. The topological polar surface area (TPSA) is 52.6 Å². The maximum atomic E-state index is 12.3. The molecule has 134 valence electrons. The average molecular weight is 343 g/mol. The first kappa shape index (κ1) is 21.9. The molecule has 5 heteroatoms. The van der Waals surface area contributed by atoms with Gasteiger partial charge >= 0.3 is 11.9 Å². The molecule has 0 radical (unpaired) electrons. The van der Waals surface area contributed by atoms with Crippen LogP contribution in [0.4, 0.5) is 0 Å². The molecule has 0 aliphatic heterocycles. The maximum Gasteiger partial charge on any atom is 0.317 e. The maximum absolute atomic E-state index is 12.3. The molecule has 0 atom stereocenters. The zero-order chi connectivity index (χ0) is 18.1. The van der Waals surface area contributed by atoms with E-state index in [0.29, 0.717) is 19.4 Å². The van der Waals surface area contributed by atoms with Crippen LogP contribution < -0.4 is 0 Å². The van der Waals surface area contributed by atoms with Gasteiger partial charge in [-0.1, -0.05) is 39.7 Å². The minimum absolute atomic E-state index is 0.00892. The molecule has 4 nitrogen and oxygen atoms in total. The molecule has 0 saturated carbocycles. The minimum Gasteiger partial charge on any atom is -0.516 e. The van der Waals surface area contributed by atoms with Gasteiger partial charge in [0.25, 0.3) is 8.32 Å². The molecule has 0 unspecified atom stereocenters. The van der Waals surface area contributed by atoms with Gasteiger partial charge in [-0.05, 0) is 44.3 Å². The minimum atomic E-state index is -2.11. The van der Waals surface area contributed by atoms with Crippen LogP contribution >= 0.6 is 0 Å². The largest absolute Gasteiger partial charge is 0.516 e. The fraction of sp³-hybridized carbons (Fsp3) is 0.778. The molecular weight excluding hydrogens is 308 g/mol. The van der Waals surface area contributed by atoms with E-state index in [-0.39, 0.29) is 17.0 Å². The Hall–Kier alpha value is -1.10. The molecule has 0 aromatic heterocycles. The first-order chi connectivity index (χ1) is 10.5. The van der Waals surface area contributed by atoms with Crippen molar-refractivity contribution in [1.82, 2.24) is 0 Å². The van der Waals surface area contributed by atoms with Crippen LogP contribution in [0.3, 0.4) is 0 Å². The molecule has 0 aliphatic carbocycles. The number of carbonyl (C=O) groups is 2. The lowest BCUT2D eigenvalue weighted by Gasteiger charge is -2.35. The number of rotatable bonds is 9. The van der Waals surface area contributed by atoms with E-state index < -0.39 is 8.32 Å². The summed E-state index contributed by atoms with van der Waals surface area (Å²) in [6.45, 7) is 14.7. The van der Waals surface area contributed by atoms with Gasteiger partial charge < -0.3 is 9.16 Å². The predicted octanol–water partition coefficient (Wildman–Crippen LogP) is 4.99. The highest BCUT2D eigenvalue weighted by Crippen LogP contribution is 2.36. The normalized spacial score (nSPS) is 12.9. The van der Waals surface area contributed by atoms with E-state index >= 15 is 0 Å². The van der Waals surface area contributed by atoms with Crippen molar-refractivity contribution in [2.24, 2.45) is 0 Å². The van der Waals surface area contributed by atoms with Gasteiger partial charge in [-0.3, -0.25) is 4.79 Å². The number of esters is 1. The van der Waals surface area contributed by atoms with Crippen molar-refractivity contribution in [2.75, 3.05) is 6.61 Å². The third kappa shape index (κ3) is 8.94. The monoisotopic (exact) mass is 342 g/mol. The van der Waals surface area contributed by atoms with Crippen LogP contribution in [0.2, 0.25) is 18.1 Å². The molecule has 0 bridgehead atoms. The van der Waals surface area contributed by atoms with Crippen LogP contribution in [-0.4, -0.2) is 26.9 Å². The Morgan fingerprint density at radius 1 is 1.04 bits per heavy atom. The second-order valence-electron chi connectivity index (χ2n) is 7.39. The van der Waals surface area contributed by atoms with Crippen LogP contribution in [0.1, 0.15) is 66.7 Å². The van der Waals surface area contributed by atoms with E-state index in [4.69, 9.17) is 9.16 Å². The number of ether oxygens (including phenoxy) is 1. The van der Waals surface area contributed by atoms with Crippen molar-refractivity contribution >= 4 is 20.3 Å². The summed E-state index contributed by atoms with van der Waals surface area (Å²) in [6.07, 6.45) is 5.34. The summed E-state index contributed by atoms with van der Waals surface area (Å²) in [5.41, 5.74) is 0.976. The number of hydrogen-bond donors (Lipinski definition) is 0. The summed E-state index contributed by atoms with van der Waals surface area (Å²) in [5, 5.41) is -0.00892. The fourth-order valence-corrected chi connectivity index (χ4v) is 2.64. The number of hydrogen-bond acceptors (Lipinski definition) is 4. The highest BCUT2D eigenvalue weighted by Gasteiger charge is 2.40. The number of unbranched alkanes of at least 4 members (excludes halogenated alkanes) is 1. The van der Waals surface area contributed by atoms with Crippen molar-refractivity contribution in [1.29, 1.82) is 0 Å². The zero-order valence-electron chi connectivity index (χ0n) is 16.0. The molecule has 0 aromatic rings. The molecule has 0 heterocycles. The van der Waals surface area contributed by atoms with Crippen molar-refractivity contribution < 1.29 is 18.8 Å². The summed E-state index contributed by atoms with van der Waals surface area (Å²) in [7, 11) is -2.11. The lowest BCUT2D eigenvalue weighted by Crippen LogP contribution is -2.42.